The molecule has 0 spiro atoms. The van der Waals surface area contributed by atoms with Crippen LogP contribution >= 0.6 is 0 Å². The highest BCUT2D eigenvalue weighted by Gasteiger charge is 2.50. The first-order valence-electron chi connectivity index (χ1n) is 10.3. The van der Waals surface area contributed by atoms with Gasteiger partial charge >= 0.3 is 12.1 Å². The minimum absolute atomic E-state index is 0.304. The van der Waals surface area contributed by atoms with Crippen molar-refractivity contribution < 1.29 is 27.9 Å². The largest absolute Gasteiger partial charge is 0.481 e. The second-order valence-electron chi connectivity index (χ2n) is 8.35. The molecule has 2 aromatic rings. The first-order valence-corrected chi connectivity index (χ1v) is 10.3. The van der Waals surface area contributed by atoms with E-state index in [1.165, 1.54) is 0 Å². The number of hydrogen-bond donors (Lipinski definition) is 2. The molecule has 0 saturated heterocycles. The van der Waals surface area contributed by atoms with Crippen molar-refractivity contribution in [2.24, 2.45) is 11.3 Å². The van der Waals surface area contributed by atoms with E-state index in [1.807, 2.05) is 6.92 Å². The minimum Gasteiger partial charge on any atom is -0.481 e. The Morgan fingerprint density at radius 1 is 1.10 bits per heavy atom. The first-order chi connectivity index (χ1) is 14.6. The maximum atomic E-state index is 13.5. The predicted molar refractivity (Wildman–Crippen MR) is 112 cm³/mol. The third kappa shape index (κ3) is 5.27. The number of aryl methyl sites for hydroxylation is 1. The topological polar surface area (TPSA) is 66.4 Å². The van der Waals surface area contributed by atoms with Crippen LogP contribution in [0.15, 0.2) is 48.5 Å². The van der Waals surface area contributed by atoms with Crippen LogP contribution in [0.3, 0.4) is 0 Å². The average Bonchev–Trinajstić information content (AvgIpc) is 3.49. The van der Waals surface area contributed by atoms with Crippen LogP contribution in [0.5, 0.6) is 0 Å². The predicted octanol–water partition coefficient (Wildman–Crippen LogP) is 5.58. The molecule has 2 aromatic carbocycles. The SMILES string of the molecule is CCc1ccc(C(C(=O)Nc2cccc(CC3(C(=O)O)CC3)c2)C(C)C(F)(F)F)cc1. The van der Waals surface area contributed by atoms with Gasteiger partial charge in [0.05, 0.1) is 17.3 Å². The Labute approximate surface area is 179 Å². The molecule has 0 heterocycles. The van der Waals surface area contributed by atoms with Crippen LogP contribution in [0.2, 0.25) is 0 Å². The zero-order valence-electron chi connectivity index (χ0n) is 17.5. The second kappa shape index (κ2) is 8.73. The van der Waals surface area contributed by atoms with Crippen molar-refractivity contribution in [2.75, 3.05) is 5.32 Å². The molecule has 1 amide bonds. The number of anilines is 1. The summed E-state index contributed by atoms with van der Waals surface area (Å²) in [5, 5.41) is 12.0. The molecule has 1 aliphatic rings. The third-order valence-electron chi connectivity index (χ3n) is 6.09. The number of carboxylic acid groups (broad SMARTS) is 1. The fourth-order valence-electron chi connectivity index (χ4n) is 3.80. The third-order valence-corrected chi connectivity index (χ3v) is 6.09. The quantitative estimate of drug-likeness (QED) is 0.571. The number of aliphatic carboxylic acids is 1. The summed E-state index contributed by atoms with van der Waals surface area (Å²) in [6.07, 6.45) is -2.27. The van der Waals surface area contributed by atoms with E-state index < -0.39 is 35.3 Å². The molecule has 4 nitrogen and oxygen atoms in total. The summed E-state index contributed by atoms with van der Waals surface area (Å²) in [5.41, 5.74) is 1.59. The Morgan fingerprint density at radius 3 is 2.26 bits per heavy atom. The smallest absolute Gasteiger partial charge is 0.392 e. The second-order valence-corrected chi connectivity index (χ2v) is 8.35. The van der Waals surface area contributed by atoms with Gasteiger partial charge in [-0.1, -0.05) is 50.2 Å². The summed E-state index contributed by atoms with van der Waals surface area (Å²) < 4.78 is 40.6. The Hall–Kier alpha value is -2.83. The molecule has 1 aliphatic carbocycles. The van der Waals surface area contributed by atoms with Crippen molar-refractivity contribution in [3.8, 4) is 0 Å². The molecule has 0 aromatic heterocycles. The van der Waals surface area contributed by atoms with Crippen molar-refractivity contribution >= 4 is 17.6 Å². The number of carbonyl (C=O) groups is 2. The van der Waals surface area contributed by atoms with Crippen LogP contribution in [0.25, 0.3) is 0 Å². The lowest BCUT2D eigenvalue weighted by Gasteiger charge is -2.26. The molecule has 0 aliphatic heterocycles. The van der Waals surface area contributed by atoms with Gasteiger partial charge in [0.25, 0.3) is 0 Å². The van der Waals surface area contributed by atoms with Crippen molar-refractivity contribution in [3.63, 3.8) is 0 Å². The fraction of sp³-hybridized carbons (Fsp3) is 0.417. The molecule has 1 fully saturated rings. The summed E-state index contributed by atoms with van der Waals surface area (Å²) in [6.45, 7) is 2.96. The van der Waals surface area contributed by atoms with Crippen LogP contribution in [0.1, 0.15) is 49.3 Å². The first kappa shape index (κ1) is 22.8. The van der Waals surface area contributed by atoms with Gasteiger partial charge in [-0.2, -0.15) is 13.2 Å². The summed E-state index contributed by atoms with van der Waals surface area (Å²) >= 11 is 0. The summed E-state index contributed by atoms with van der Waals surface area (Å²) in [7, 11) is 0. The molecule has 1 saturated carbocycles. The van der Waals surface area contributed by atoms with Gasteiger partial charge in [-0.05, 0) is 54.5 Å². The van der Waals surface area contributed by atoms with Crippen molar-refractivity contribution in [1.82, 2.24) is 0 Å². The molecule has 3 rings (SSSR count). The van der Waals surface area contributed by atoms with Gasteiger partial charge in [0.2, 0.25) is 5.91 Å². The van der Waals surface area contributed by atoms with Gasteiger partial charge in [0, 0.05) is 5.69 Å². The highest BCUT2D eigenvalue weighted by Crippen LogP contribution is 2.48. The Bertz CT molecular complexity index is 949. The number of nitrogens with one attached hydrogen (secondary N) is 1. The summed E-state index contributed by atoms with van der Waals surface area (Å²) in [4.78, 5) is 24.4. The number of halogens is 3. The van der Waals surface area contributed by atoms with Crippen LogP contribution in [0, 0.1) is 11.3 Å². The molecule has 2 N–H and O–H groups in total. The van der Waals surface area contributed by atoms with Gasteiger partial charge in [0.1, 0.15) is 0 Å². The fourth-order valence-corrected chi connectivity index (χ4v) is 3.80. The number of hydrogen-bond acceptors (Lipinski definition) is 2. The van der Waals surface area contributed by atoms with Crippen LogP contribution in [0.4, 0.5) is 18.9 Å². The number of alkyl halides is 3. The monoisotopic (exact) mass is 433 g/mol. The highest BCUT2D eigenvalue weighted by atomic mass is 19.4. The normalized spacial score (nSPS) is 16.9. The van der Waals surface area contributed by atoms with Gasteiger partial charge in [-0.3, -0.25) is 9.59 Å². The minimum atomic E-state index is -4.53. The Balaban J connectivity index is 1.83. The number of carbonyl (C=O) groups excluding carboxylic acids is 1. The highest BCUT2D eigenvalue weighted by molar-refractivity contribution is 5.96. The maximum Gasteiger partial charge on any atom is 0.392 e. The number of benzene rings is 2. The number of rotatable bonds is 8. The molecule has 2 atom stereocenters. The number of amides is 1. The summed E-state index contributed by atoms with van der Waals surface area (Å²) in [6, 6.07) is 13.3. The summed E-state index contributed by atoms with van der Waals surface area (Å²) in [5.74, 6) is -4.87. The van der Waals surface area contributed by atoms with Gasteiger partial charge in [-0.25, -0.2) is 0 Å². The van der Waals surface area contributed by atoms with Crippen LogP contribution < -0.4 is 5.32 Å². The molecule has 2 unspecified atom stereocenters. The lowest BCUT2D eigenvalue weighted by atomic mass is 9.85. The maximum absolute atomic E-state index is 13.5. The van der Waals surface area contributed by atoms with E-state index in [0.717, 1.165) is 24.5 Å². The Kier molecular flexibility index (Phi) is 6.43. The molecular weight excluding hydrogens is 407 g/mol. The standard InChI is InChI=1S/C24H26F3NO3/c1-3-16-7-9-18(10-8-16)20(15(2)24(25,26)27)21(29)28-19-6-4-5-17(13-19)14-23(11-12-23)22(30)31/h4-10,13,15,20H,3,11-12,14H2,1-2H3,(H,28,29)(H,30,31). The van der Waals surface area contributed by atoms with E-state index >= 15 is 0 Å². The van der Waals surface area contributed by atoms with E-state index in [1.54, 1.807) is 48.5 Å². The lowest BCUT2D eigenvalue weighted by Crippen LogP contribution is -2.34. The molecule has 7 heteroatoms. The Morgan fingerprint density at radius 2 is 1.74 bits per heavy atom. The van der Waals surface area contributed by atoms with E-state index in [2.05, 4.69) is 5.32 Å². The average molecular weight is 433 g/mol. The molecule has 166 valence electrons. The van der Waals surface area contributed by atoms with Crippen molar-refractivity contribution in [1.29, 1.82) is 0 Å². The molecule has 0 radical (unpaired) electrons. The van der Waals surface area contributed by atoms with Crippen LogP contribution in [-0.4, -0.2) is 23.2 Å². The molecule has 0 bridgehead atoms. The molecule has 31 heavy (non-hydrogen) atoms. The van der Waals surface area contributed by atoms with E-state index in [4.69, 9.17) is 0 Å². The zero-order valence-corrected chi connectivity index (χ0v) is 17.5. The number of carboxylic acids is 1. The van der Waals surface area contributed by atoms with Crippen molar-refractivity contribution in [2.45, 2.75) is 51.6 Å². The van der Waals surface area contributed by atoms with Gasteiger partial charge < -0.3 is 10.4 Å². The van der Waals surface area contributed by atoms with E-state index in [9.17, 15) is 27.9 Å². The van der Waals surface area contributed by atoms with Gasteiger partial charge in [0.15, 0.2) is 0 Å². The van der Waals surface area contributed by atoms with E-state index in [0.29, 0.717) is 30.5 Å². The molecular formula is C24H26F3NO3. The van der Waals surface area contributed by atoms with E-state index in [-0.39, 0.29) is 0 Å². The van der Waals surface area contributed by atoms with Crippen LogP contribution in [-0.2, 0) is 22.4 Å². The zero-order chi connectivity index (χ0) is 22.8. The lowest BCUT2D eigenvalue weighted by molar-refractivity contribution is -0.178. The van der Waals surface area contributed by atoms with Gasteiger partial charge in [-0.15, -0.1) is 0 Å². The van der Waals surface area contributed by atoms with Crippen molar-refractivity contribution in [3.05, 3.63) is 65.2 Å².